The van der Waals surface area contributed by atoms with Gasteiger partial charge in [0.15, 0.2) is 0 Å². The monoisotopic (exact) mass is 365 g/mol. The summed E-state index contributed by atoms with van der Waals surface area (Å²) in [7, 11) is 0. The van der Waals surface area contributed by atoms with E-state index in [-0.39, 0.29) is 34.5 Å². The van der Waals surface area contributed by atoms with Crippen LogP contribution in [0.4, 0.5) is 0 Å². The zero-order valence-corrected chi connectivity index (χ0v) is 16.7. The Morgan fingerprint density at radius 3 is 2.48 bits per heavy atom. The maximum Gasteiger partial charge on any atom is 0.123 e. The van der Waals surface area contributed by atoms with E-state index in [0.29, 0.717) is 17.6 Å². The van der Waals surface area contributed by atoms with Crippen LogP contribution in [-0.2, 0) is 11.8 Å². The SMILES string of the molecule is CC1(C)NCCC[C@]2(C)[C@H]3Cc4cc(O)cc(O)c4[C@]3(C)CC[C@@H]12.Cl. The fourth-order valence-electron chi connectivity index (χ4n) is 6.92. The Balaban J connectivity index is 0.00000182. The van der Waals surface area contributed by atoms with Gasteiger partial charge >= 0.3 is 0 Å². The van der Waals surface area contributed by atoms with E-state index in [9.17, 15) is 10.2 Å². The highest BCUT2D eigenvalue weighted by Crippen LogP contribution is 2.65. The van der Waals surface area contributed by atoms with E-state index >= 15 is 0 Å². The first-order valence-corrected chi connectivity index (χ1v) is 9.49. The van der Waals surface area contributed by atoms with Crippen molar-refractivity contribution in [1.82, 2.24) is 5.32 Å². The molecule has 1 heterocycles. The van der Waals surface area contributed by atoms with E-state index in [1.54, 1.807) is 0 Å². The Kier molecular flexibility index (Phi) is 4.36. The Bertz CT molecular complexity index is 689. The fourth-order valence-corrected chi connectivity index (χ4v) is 6.92. The predicted octanol–water partition coefficient (Wildman–Crippen LogP) is 4.53. The molecule has 0 unspecified atom stereocenters. The van der Waals surface area contributed by atoms with E-state index in [1.165, 1.54) is 25.3 Å². The molecule has 0 amide bonds. The lowest BCUT2D eigenvalue weighted by Crippen LogP contribution is -2.57. The van der Waals surface area contributed by atoms with Crippen LogP contribution in [0.3, 0.4) is 0 Å². The molecule has 1 aliphatic heterocycles. The van der Waals surface area contributed by atoms with E-state index < -0.39 is 0 Å². The minimum Gasteiger partial charge on any atom is -0.508 e. The average Bonchev–Trinajstić information content (AvgIpc) is 2.71. The second-order valence-electron chi connectivity index (χ2n) is 9.52. The summed E-state index contributed by atoms with van der Waals surface area (Å²) in [5.74, 6) is 1.67. The van der Waals surface area contributed by atoms with Crippen molar-refractivity contribution in [3.8, 4) is 11.5 Å². The van der Waals surface area contributed by atoms with E-state index in [2.05, 4.69) is 33.0 Å². The van der Waals surface area contributed by atoms with Gasteiger partial charge in [0.25, 0.3) is 0 Å². The topological polar surface area (TPSA) is 52.5 Å². The summed E-state index contributed by atoms with van der Waals surface area (Å²) >= 11 is 0. The molecular formula is C21H32ClNO2. The number of phenols is 2. The highest BCUT2D eigenvalue weighted by Gasteiger charge is 2.60. The van der Waals surface area contributed by atoms with Gasteiger partial charge in [0, 0.05) is 22.6 Å². The maximum atomic E-state index is 10.6. The molecular weight excluding hydrogens is 334 g/mol. The lowest BCUT2D eigenvalue weighted by molar-refractivity contribution is -0.0421. The van der Waals surface area contributed by atoms with Crippen LogP contribution in [0.15, 0.2) is 12.1 Å². The molecule has 1 aromatic carbocycles. The smallest absolute Gasteiger partial charge is 0.123 e. The lowest BCUT2D eigenvalue weighted by atomic mass is 9.48. The first-order valence-electron chi connectivity index (χ1n) is 9.49. The first-order chi connectivity index (χ1) is 11.2. The Morgan fingerprint density at radius 2 is 1.76 bits per heavy atom. The summed E-state index contributed by atoms with van der Waals surface area (Å²) in [5.41, 5.74) is 2.72. The van der Waals surface area contributed by atoms with Crippen molar-refractivity contribution in [3.05, 3.63) is 23.3 Å². The third-order valence-electron chi connectivity index (χ3n) is 7.84. The number of hydrogen-bond donors (Lipinski definition) is 3. The van der Waals surface area contributed by atoms with Gasteiger partial charge in [-0.05, 0) is 81.4 Å². The van der Waals surface area contributed by atoms with E-state index in [4.69, 9.17) is 0 Å². The average molecular weight is 366 g/mol. The van der Waals surface area contributed by atoms with Crippen LogP contribution < -0.4 is 5.32 Å². The molecule has 4 heteroatoms. The first kappa shape index (κ1) is 18.8. The van der Waals surface area contributed by atoms with Gasteiger partial charge in [-0.1, -0.05) is 13.8 Å². The van der Waals surface area contributed by atoms with Crippen molar-refractivity contribution in [2.45, 2.75) is 70.8 Å². The number of aromatic hydroxyl groups is 2. The summed E-state index contributed by atoms with van der Waals surface area (Å²) in [5, 5.41) is 24.3. The molecule has 0 aromatic heterocycles. The van der Waals surface area contributed by atoms with Crippen molar-refractivity contribution < 1.29 is 10.2 Å². The van der Waals surface area contributed by atoms with Crippen LogP contribution in [-0.4, -0.2) is 22.3 Å². The summed E-state index contributed by atoms with van der Waals surface area (Å²) < 4.78 is 0. The fraction of sp³-hybridized carbons (Fsp3) is 0.714. The van der Waals surface area contributed by atoms with Gasteiger partial charge in [0.1, 0.15) is 11.5 Å². The third kappa shape index (κ3) is 2.49. The number of fused-ring (bicyclic) bond motifs is 5. The molecule has 25 heavy (non-hydrogen) atoms. The normalized spacial score (nSPS) is 38.7. The van der Waals surface area contributed by atoms with E-state index in [1.807, 2.05) is 6.07 Å². The number of rotatable bonds is 0. The van der Waals surface area contributed by atoms with Gasteiger partial charge in [-0.15, -0.1) is 12.4 Å². The molecule has 140 valence electrons. The second kappa shape index (κ2) is 5.79. The molecule has 4 rings (SSSR count). The standard InChI is InChI=1S/C21H31NO2.ClH/c1-19(2)16-6-8-21(4)17(20(16,3)7-5-9-22-19)11-13-10-14(23)12-15(24)18(13)21;/h10,12,16-17,22-24H,5-9,11H2,1-4H3;1H/t16-,17+,20-,21+;/m0./s1. The molecule has 1 saturated heterocycles. The Labute approximate surface area is 157 Å². The lowest BCUT2D eigenvalue weighted by Gasteiger charge is -2.57. The van der Waals surface area contributed by atoms with Gasteiger partial charge < -0.3 is 15.5 Å². The predicted molar refractivity (Wildman–Crippen MR) is 104 cm³/mol. The van der Waals surface area contributed by atoms with Crippen molar-refractivity contribution in [1.29, 1.82) is 0 Å². The molecule has 3 nitrogen and oxygen atoms in total. The summed E-state index contributed by atoms with van der Waals surface area (Å²) in [6.45, 7) is 10.7. The van der Waals surface area contributed by atoms with Gasteiger partial charge in [-0.3, -0.25) is 0 Å². The van der Waals surface area contributed by atoms with Gasteiger partial charge in [0.2, 0.25) is 0 Å². The Morgan fingerprint density at radius 1 is 1.04 bits per heavy atom. The molecule has 0 radical (unpaired) electrons. The third-order valence-corrected chi connectivity index (χ3v) is 7.84. The quantitative estimate of drug-likeness (QED) is 0.633. The Hall–Kier alpha value is -0.930. The van der Waals surface area contributed by atoms with Gasteiger partial charge in [-0.25, -0.2) is 0 Å². The zero-order valence-electron chi connectivity index (χ0n) is 15.9. The van der Waals surface area contributed by atoms with Crippen LogP contribution in [0, 0.1) is 17.3 Å². The van der Waals surface area contributed by atoms with Crippen LogP contribution >= 0.6 is 12.4 Å². The maximum absolute atomic E-state index is 10.6. The van der Waals surface area contributed by atoms with Crippen molar-refractivity contribution in [2.75, 3.05) is 6.54 Å². The summed E-state index contributed by atoms with van der Waals surface area (Å²) in [4.78, 5) is 0. The summed E-state index contributed by atoms with van der Waals surface area (Å²) in [6, 6.07) is 3.41. The number of halogens is 1. The van der Waals surface area contributed by atoms with Crippen molar-refractivity contribution in [3.63, 3.8) is 0 Å². The molecule has 0 bridgehead atoms. The van der Waals surface area contributed by atoms with Gasteiger partial charge in [0.05, 0.1) is 0 Å². The number of nitrogens with one attached hydrogen (secondary N) is 1. The van der Waals surface area contributed by atoms with Crippen LogP contribution in [0.25, 0.3) is 0 Å². The van der Waals surface area contributed by atoms with Crippen molar-refractivity contribution in [2.24, 2.45) is 17.3 Å². The molecule has 3 aliphatic rings. The number of hydrogen-bond acceptors (Lipinski definition) is 3. The minimum absolute atomic E-state index is 0. The number of phenolic OH excluding ortho intramolecular Hbond substituents is 2. The molecule has 1 saturated carbocycles. The minimum atomic E-state index is 0. The second-order valence-corrected chi connectivity index (χ2v) is 9.52. The molecule has 1 aromatic rings. The van der Waals surface area contributed by atoms with Gasteiger partial charge in [-0.2, -0.15) is 0 Å². The van der Waals surface area contributed by atoms with Crippen LogP contribution in [0.2, 0.25) is 0 Å². The largest absolute Gasteiger partial charge is 0.508 e. The molecule has 2 aliphatic carbocycles. The zero-order chi connectivity index (χ0) is 17.3. The van der Waals surface area contributed by atoms with Crippen LogP contribution in [0.1, 0.15) is 64.5 Å². The highest BCUT2D eigenvalue weighted by molar-refractivity contribution is 5.85. The van der Waals surface area contributed by atoms with Crippen LogP contribution in [0.5, 0.6) is 11.5 Å². The molecule has 4 atom stereocenters. The molecule has 0 spiro atoms. The highest BCUT2D eigenvalue weighted by atomic mass is 35.5. The number of benzene rings is 1. The summed E-state index contributed by atoms with van der Waals surface area (Å²) in [6.07, 6.45) is 5.76. The van der Waals surface area contributed by atoms with E-state index in [0.717, 1.165) is 30.5 Å². The molecule has 3 N–H and O–H groups in total. The van der Waals surface area contributed by atoms with Crippen molar-refractivity contribution >= 4 is 12.4 Å². The molecule has 2 fully saturated rings.